The fraction of sp³-hybridized carbons (Fsp3) is 0.167. The van der Waals surface area contributed by atoms with Crippen molar-refractivity contribution in [2.45, 2.75) is 16.8 Å². The number of benzene rings is 1. The van der Waals surface area contributed by atoms with E-state index in [0.29, 0.717) is 5.76 Å². The molecular formula is C18H17NO6S. The number of carbonyl (C=O) groups excluding carboxylic acids is 1. The highest BCUT2D eigenvalue weighted by Crippen LogP contribution is 2.20. The quantitative estimate of drug-likeness (QED) is 0.656. The van der Waals surface area contributed by atoms with Crippen molar-refractivity contribution >= 4 is 15.7 Å². The van der Waals surface area contributed by atoms with Gasteiger partial charge in [0, 0.05) is 5.56 Å². The molecule has 3 rings (SSSR count). The maximum Gasteiger partial charge on any atom is 0.287 e. The highest BCUT2D eigenvalue weighted by molar-refractivity contribution is 7.90. The molecule has 2 N–H and O–H groups in total. The van der Waals surface area contributed by atoms with Crippen molar-refractivity contribution in [2.75, 3.05) is 6.54 Å². The van der Waals surface area contributed by atoms with Crippen LogP contribution >= 0.6 is 0 Å². The van der Waals surface area contributed by atoms with Crippen LogP contribution < -0.4 is 5.32 Å². The molecule has 0 saturated carbocycles. The van der Waals surface area contributed by atoms with Gasteiger partial charge in [0.1, 0.15) is 11.9 Å². The lowest BCUT2D eigenvalue weighted by Crippen LogP contribution is -2.28. The van der Waals surface area contributed by atoms with E-state index in [4.69, 9.17) is 8.83 Å². The van der Waals surface area contributed by atoms with Gasteiger partial charge in [0.25, 0.3) is 5.91 Å². The molecule has 8 heteroatoms. The van der Waals surface area contributed by atoms with E-state index in [-0.39, 0.29) is 28.5 Å². The molecule has 136 valence electrons. The second-order valence-electron chi connectivity index (χ2n) is 5.59. The number of carbonyl (C=O) groups is 1. The van der Waals surface area contributed by atoms with E-state index in [0.717, 1.165) is 0 Å². The van der Waals surface area contributed by atoms with Gasteiger partial charge in [-0.05, 0) is 30.3 Å². The van der Waals surface area contributed by atoms with Crippen molar-refractivity contribution < 1.29 is 27.2 Å². The molecular weight excluding hydrogens is 358 g/mol. The molecule has 1 aromatic carbocycles. The smallest absolute Gasteiger partial charge is 0.287 e. The molecule has 0 aliphatic rings. The normalized spacial score (nSPS) is 12.7. The second-order valence-corrected chi connectivity index (χ2v) is 7.58. The summed E-state index contributed by atoms with van der Waals surface area (Å²) in [5.41, 5.74) is 0.249. The molecule has 0 radical (unpaired) electrons. The van der Waals surface area contributed by atoms with Crippen LogP contribution in [0.3, 0.4) is 0 Å². The summed E-state index contributed by atoms with van der Waals surface area (Å²) in [6.07, 6.45) is 1.66. The zero-order valence-electron chi connectivity index (χ0n) is 13.7. The van der Waals surface area contributed by atoms with Crippen LogP contribution in [0.1, 0.15) is 28.0 Å². The van der Waals surface area contributed by atoms with Gasteiger partial charge in [-0.1, -0.05) is 18.2 Å². The number of hydrogen-bond acceptors (Lipinski definition) is 6. The van der Waals surface area contributed by atoms with E-state index in [9.17, 15) is 18.3 Å². The number of furan rings is 2. The van der Waals surface area contributed by atoms with Crippen LogP contribution in [0.2, 0.25) is 0 Å². The summed E-state index contributed by atoms with van der Waals surface area (Å²) in [4.78, 5) is 12.4. The fourth-order valence-corrected chi connectivity index (χ4v) is 3.79. The minimum Gasteiger partial charge on any atom is -0.467 e. The first-order chi connectivity index (χ1) is 12.5. The number of aliphatic hydroxyl groups is 1. The van der Waals surface area contributed by atoms with E-state index in [1.807, 2.05) is 0 Å². The van der Waals surface area contributed by atoms with Crippen molar-refractivity contribution in [1.29, 1.82) is 0 Å². The summed E-state index contributed by atoms with van der Waals surface area (Å²) in [6, 6.07) is 12.6. The number of hydrogen-bond donors (Lipinski definition) is 2. The van der Waals surface area contributed by atoms with E-state index in [1.165, 1.54) is 30.7 Å². The van der Waals surface area contributed by atoms with Gasteiger partial charge in [0.05, 0.1) is 29.7 Å². The van der Waals surface area contributed by atoms with Crippen molar-refractivity contribution in [3.63, 3.8) is 0 Å². The highest BCUT2D eigenvalue weighted by atomic mass is 32.2. The number of rotatable bonds is 7. The van der Waals surface area contributed by atoms with Crippen LogP contribution in [0.25, 0.3) is 0 Å². The average Bonchev–Trinajstić information content (AvgIpc) is 3.32. The third kappa shape index (κ3) is 4.04. The third-order valence-electron chi connectivity index (χ3n) is 3.73. The lowest BCUT2D eigenvalue weighted by molar-refractivity contribution is 0.0873. The van der Waals surface area contributed by atoms with E-state index < -0.39 is 21.8 Å². The van der Waals surface area contributed by atoms with E-state index in [1.54, 1.807) is 30.3 Å². The topological polar surface area (TPSA) is 110 Å². The molecule has 2 heterocycles. The molecule has 0 bridgehead atoms. The van der Waals surface area contributed by atoms with Crippen molar-refractivity contribution in [3.05, 3.63) is 78.1 Å². The summed E-state index contributed by atoms with van der Waals surface area (Å²) in [5, 5.41) is 12.4. The Morgan fingerprint density at radius 2 is 1.81 bits per heavy atom. The van der Waals surface area contributed by atoms with Gasteiger partial charge in [0.15, 0.2) is 15.6 Å². The van der Waals surface area contributed by atoms with Crippen LogP contribution in [0, 0.1) is 0 Å². The van der Waals surface area contributed by atoms with Crippen LogP contribution in [-0.2, 0) is 15.6 Å². The monoisotopic (exact) mass is 375 g/mol. The molecule has 3 aromatic rings. The Bertz CT molecular complexity index is 960. The zero-order chi connectivity index (χ0) is 18.6. The first-order valence-electron chi connectivity index (χ1n) is 7.81. The molecule has 0 aliphatic heterocycles. The molecule has 1 atom stereocenters. The summed E-state index contributed by atoms with van der Waals surface area (Å²) < 4.78 is 35.1. The molecule has 0 fully saturated rings. The predicted molar refractivity (Wildman–Crippen MR) is 92.0 cm³/mol. The molecule has 1 unspecified atom stereocenters. The highest BCUT2D eigenvalue weighted by Gasteiger charge is 2.23. The Morgan fingerprint density at radius 3 is 2.50 bits per heavy atom. The molecule has 0 saturated heterocycles. The first kappa shape index (κ1) is 18.0. The van der Waals surface area contributed by atoms with Crippen molar-refractivity contribution in [3.8, 4) is 0 Å². The number of aliphatic hydroxyl groups excluding tert-OH is 1. The van der Waals surface area contributed by atoms with Gasteiger partial charge in [-0.3, -0.25) is 4.79 Å². The molecule has 1 amide bonds. The Hall–Kier alpha value is -2.84. The number of amides is 1. The fourth-order valence-electron chi connectivity index (χ4n) is 2.42. The summed E-state index contributed by atoms with van der Waals surface area (Å²) in [7, 11) is -3.61. The predicted octanol–water partition coefficient (Wildman–Crippen LogP) is 2.31. The minimum atomic E-state index is -3.61. The van der Waals surface area contributed by atoms with Gasteiger partial charge in [-0.25, -0.2) is 8.42 Å². The maximum atomic E-state index is 12.5. The average molecular weight is 375 g/mol. The zero-order valence-corrected chi connectivity index (χ0v) is 14.5. The Balaban J connectivity index is 1.69. The number of nitrogens with one attached hydrogen (secondary N) is 1. The summed E-state index contributed by atoms with van der Waals surface area (Å²) >= 11 is 0. The Morgan fingerprint density at radius 1 is 1.04 bits per heavy atom. The van der Waals surface area contributed by atoms with Crippen LogP contribution in [-0.4, -0.2) is 26.0 Å². The third-order valence-corrected chi connectivity index (χ3v) is 5.41. The lowest BCUT2D eigenvalue weighted by atomic mass is 10.2. The minimum absolute atomic E-state index is 0.0993. The molecule has 0 aliphatic carbocycles. The van der Waals surface area contributed by atoms with Gasteiger partial charge >= 0.3 is 0 Å². The van der Waals surface area contributed by atoms with Gasteiger partial charge in [0.2, 0.25) is 0 Å². The first-order valence-corrected chi connectivity index (χ1v) is 9.46. The lowest BCUT2D eigenvalue weighted by Gasteiger charge is -2.09. The van der Waals surface area contributed by atoms with Crippen LogP contribution in [0.4, 0.5) is 0 Å². The molecule has 26 heavy (non-hydrogen) atoms. The Kier molecular flexibility index (Phi) is 5.24. The Labute approximate surface area is 150 Å². The largest absolute Gasteiger partial charge is 0.467 e. The SMILES string of the molecule is O=C(NCC(O)c1ccco1)c1occc1CS(=O)(=O)c1ccccc1. The molecule has 7 nitrogen and oxygen atoms in total. The van der Waals surface area contributed by atoms with E-state index >= 15 is 0 Å². The molecule has 2 aromatic heterocycles. The molecule has 0 spiro atoms. The van der Waals surface area contributed by atoms with Gasteiger partial charge < -0.3 is 19.3 Å². The number of sulfone groups is 1. The standard InChI is InChI=1S/C18H17NO6S/c20-15(16-7-4-9-24-16)11-19-18(21)17-13(8-10-25-17)12-26(22,23)14-5-2-1-3-6-14/h1-10,15,20H,11-12H2,(H,19,21). The van der Waals surface area contributed by atoms with Crippen molar-refractivity contribution in [1.82, 2.24) is 5.32 Å². The van der Waals surface area contributed by atoms with Crippen LogP contribution in [0.15, 0.2) is 74.8 Å². The van der Waals surface area contributed by atoms with E-state index in [2.05, 4.69) is 5.32 Å². The van der Waals surface area contributed by atoms with Gasteiger partial charge in [-0.15, -0.1) is 0 Å². The van der Waals surface area contributed by atoms with Gasteiger partial charge in [-0.2, -0.15) is 0 Å². The van der Waals surface area contributed by atoms with Crippen LogP contribution in [0.5, 0.6) is 0 Å². The van der Waals surface area contributed by atoms with Crippen molar-refractivity contribution in [2.24, 2.45) is 0 Å². The summed E-state index contributed by atoms with van der Waals surface area (Å²) in [5.74, 6) is -0.761. The second kappa shape index (κ2) is 7.59. The maximum absolute atomic E-state index is 12.5. The summed E-state index contributed by atoms with van der Waals surface area (Å²) in [6.45, 7) is -0.0993.